The third-order valence-electron chi connectivity index (χ3n) is 4.73. The second kappa shape index (κ2) is 9.94. The van der Waals surface area contributed by atoms with Crippen LogP contribution in [-0.2, 0) is 20.7 Å². The van der Waals surface area contributed by atoms with Gasteiger partial charge in [0.2, 0.25) is 11.8 Å². The molecule has 1 fully saturated rings. The first-order valence-corrected chi connectivity index (χ1v) is 9.53. The first-order chi connectivity index (χ1) is 13.0. The SMILES string of the molecule is CCOC(=O)N1CCC(NC(=O)CN(C(C)=O)c2ccccc2CC)CC1. The number of aryl methyl sites for hydroxylation is 1. The summed E-state index contributed by atoms with van der Waals surface area (Å²) in [4.78, 5) is 39.5. The number of carbonyl (C=O) groups is 3. The topological polar surface area (TPSA) is 79.0 Å². The number of nitrogens with one attached hydrogen (secondary N) is 1. The predicted octanol–water partition coefficient (Wildman–Crippen LogP) is 2.34. The number of anilines is 1. The Morgan fingerprint density at radius 3 is 2.44 bits per heavy atom. The maximum atomic E-state index is 12.5. The standard InChI is InChI=1S/C20H29N3O4/c1-4-16-8-6-7-9-18(16)23(15(3)24)14-19(25)21-17-10-12-22(13-11-17)20(26)27-5-2/h6-9,17H,4-5,10-14H2,1-3H3,(H,21,25). The van der Waals surface area contributed by atoms with Crippen molar-refractivity contribution in [1.29, 1.82) is 0 Å². The third kappa shape index (κ3) is 5.70. The van der Waals surface area contributed by atoms with Gasteiger partial charge in [-0.2, -0.15) is 0 Å². The first-order valence-electron chi connectivity index (χ1n) is 9.53. The van der Waals surface area contributed by atoms with E-state index in [1.54, 1.807) is 11.8 Å². The number of nitrogens with zero attached hydrogens (tertiary/aromatic N) is 2. The summed E-state index contributed by atoms with van der Waals surface area (Å²) in [6.07, 6.45) is 1.83. The van der Waals surface area contributed by atoms with E-state index >= 15 is 0 Å². The summed E-state index contributed by atoms with van der Waals surface area (Å²) in [7, 11) is 0. The van der Waals surface area contributed by atoms with Crippen LogP contribution in [0.1, 0.15) is 39.2 Å². The Morgan fingerprint density at radius 1 is 1.19 bits per heavy atom. The molecule has 7 nitrogen and oxygen atoms in total. The zero-order chi connectivity index (χ0) is 19.8. The van der Waals surface area contributed by atoms with Gasteiger partial charge in [-0.25, -0.2) is 4.79 Å². The number of ether oxygens (including phenoxy) is 1. The summed E-state index contributed by atoms with van der Waals surface area (Å²) in [5, 5.41) is 2.99. The molecule has 2 rings (SSSR count). The second-order valence-corrected chi connectivity index (χ2v) is 6.62. The molecule has 1 heterocycles. The van der Waals surface area contributed by atoms with E-state index in [4.69, 9.17) is 4.74 Å². The Morgan fingerprint density at radius 2 is 1.85 bits per heavy atom. The van der Waals surface area contributed by atoms with Gasteiger partial charge in [0.25, 0.3) is 0 Å². The highest BCUT2D eigenvalue weighted by Gasteiger charge is 2.25. The molecule has 1 N–H and O–H groups in total. The van der Waals surface area contributed by atoms with Crippen LogP contribution in [0.2, 0.25) is 0 Å². The summed E-state index contributed by atoms with van der Waals surface area (Å²) >= 11 is 0. The molecular weight excluding hydrogens is 346 g/mol. The molecule has 0 spiro atoms. The summed E-state index contributed by atoms with van der Waals surface area (Å²) in [6, 6.07) is 7.63. The van der Waals surface area contributed by atoms with Crippen LogP contribution in [0.4, 0.5) is 10.5 Å². The van der Waals surface area contributed by atoms with Gasteiger partial charge in [0.05, 0.1) is 6.61 Å². The molecule has 0 unspecified atom stereocenters. The minimum atomic E-state index is -0.304. The molecular formula is C20H29N3O4. The molecule has 0 radical (unpaired) electrons. The average Bonchev–Trinajstić information content (AvgIpc) is 2.66. The molecule has 27 heavy (non-hydrogen) atoms. The molecule has 1 aliphatic heterocycles. The van der Waals surface area contributed by atoms with Gasteiger partial charge >= 0.3 is 6.09 Å². The predicted molar refractivity (Wildman–Crippen MR) is 104 cm³/mol. The normalized spacial score (nSPS) is 14.6. The first kappa shape index (κ1) is 20.7. The number of amides is 3. The van der Waals surface area contributed by atoms with E-state index in [0.29, 0.717) is 32.5 Å². The van der Waals surface area contributed by atoms with Gasteiger partial charge in [-0.3, -0.25) is 9.59 Å². The number of hydrogen-bond acceptors (Lipinski definition) is 4. The average molecular weight is 375 g/mol. The fourth-order valence-corrected chi connectivity index (χ4v) is 3.28. The van der Waals surface area contributed by atoms with Crippen LogP contribution < -0.4 is 10.2 Å². The van der Waals surface area contributed by atoms with Crippen molar-refractivity contribution in [1.82, 2.24) is 10.2 Å². The Kier molecular flexibility index (Phi) is 7.64. The van der Waals surface area contributed by atoms with Crippen molar-refractivity contribution in [3.05, 3.63) is 29.8 Å². The highest BCUT2D eigenvalue weighted by Crippen LogP contribution is 2.21. The molecule has 1 aliphatic rings. The van der Waals surface area contributed by atoms with Crippen LogP contribution in [-0.4, -0.2) is 55.1 Å². The van der Waals surface area contributed by atoms with Crippen molar-refractivity contribution in [2.45, 2.75) is 46.1 Å². The molecule has 0 atom stereocenters. The summed E-state index contributed by atoms with van der Waals surface area (Å²) in [6.45, 7) is 6.73. The van der Waals surface area contributed by atoms with Crippen molar-refractivity contribution in [2.24, 2.45) is 0 Å². The van der Waals surface area contributed by atoms with Crippen molar-refractivity contribution in [3.8, 4) is 0 Å². The Labute approximate surface area is 160 Å². The summed E-state index contributed by atoms with van der Waals surface area (Å²) in [5.41, 5.74) is 1.81. The molecule has 148 valence electrons. The van der Waals surface area contributed by atoms with E-state index in [1.807, 2.05) is 31.2 Å². The molecule has 3 amide bonds. The molecule has 0 aliphatic carbocycles. The van der Waals surface area contributed by atoms with Crippen LogP contribution in [0.5, 0.6) is 0 Å². The summed E-state index contributed by atoms with van der Waals surface area (Å²) in [5.74, 6) is -0.353. The van der Waals surface area contributed by atoms with E-state index in [-0.39, 0.29) is 30.5 Å². The van der Waals surface area contributed by atoms with Crippen molar-refractivity contribution >= 4 is 23.6 Å². The maximum Gasteiger partial charge on any atom is 0.409 e. The highest BCUT2D eigenvalue weighted by molar-refractivity contribution is 5.98. The molecule has 7 heteroatoms. The molecule has 1 saturated heterocycles. The number of benzene rings is 1. The number of likely N-dealkylation sites (tertiary alicyclic amines) is 1. The quantitative estimate of drug-likeness (QED) is 0.828. The molecule has 0 saturated carbocycles. The molecule has 0 aromatic heterocycles. The highest BCUT2D eigenvalue weighted by atomic mass is 16.6. The van der Waals surface area contributed by atoms with E-state index in [9.17, 15) is 14.4 Å². The molecule has 1 aromatic rings. The van der Waals surface area contributed by atoms with Crippen molar-refractivity contribution < 1.29 is 19.1 Å². The van der Waals surface area contributed by atoms with Gasteiger partial charge in [-0.05, 0) is 37.8 Å². The lowest BCUT2D eigenvalue weighted by atomic mass is 10.1. The summed E-state index contributed by atoms with van der Waals surface area (Å²) < 4.78 is 5.00. The minimum absolute atomic E-state index is 0.00148. The molecule has 0 bridgehead atoms. The number of hydrogen-bond donors (Lipinski definition) is 1. The van der Waals surface area contributed by atoms with Gasteiger partial charge in [0.15, 0.2) is 0 Å². The van der Waals surface area contributed by atoms with Crippen molar-refractivity contribution in [3.63, 3.8) is 0 Å². The molecule has 1 aromatic carbocycles. The fourth-order valence-electron chi connectivity index (χ4n) is 3.28. The Hall–Kier alpha value is -2.57. The van der Waals surface area contributed by atoms with E-state index < -0.39 is 0 Å². The zero-order valence-corrected chi connectivity index (χ0v) is 16.4. The van der Waals surface area contributed by atoms with Gasteiger partial charge in [0, 0.05) is 31.7 Å². The van der Waals surface area contributed by atoms with Crippen LogP contribution in [0.15, 0.2) is 24.3 Å². The van der Waals surface area contributed by atoms with Gasteiger partial charge < -0.3 is 19.9 Å². The lowest BCUT2D eigenvalue weighted by Crippen LogP contribution is -2.49. The smallest absolute Gasteiger partial charge is 0.409 e. The largest absolute Gasteiger partial charge is 0.450 e. The van der Waals surface area contributed by atoms with E-state index in [0.717, 1.165) is 17.7 Å². The van der Waals surface area contributed by atoms with Gasteiger partial charge in [-0.1, -0.05) is 25.1 Å². The maximum absolute atomic E-state index is 12.5. The van der Waals surface area contributed by atoms with E-state index in [2.05, 4.69) is 5.32 Å². The van der Waals surface area contributed by atoms with Crippen molar-refractivity contribution in [2.75, 3.05) is 31.1 Å². The lowest BCUT2D eigenvalue weighted by molar-refractivity contribution is -0.123. The minimum Gasteiger partial charge on any atom is -0.450 e. The monoisotopic (exact) mass is 375 g/mol. The fraction of sp³-hybridized carbons (Fsp3) is 0.550. The Bertz CT molecular complexity index is 669. The lowest BCUT2D eigenvalue weighted by Gasteiger charge is -2.32. The van der Waals surface area contributed by atoms with Crippen LogP contribution >= 0.6 is 0 Å². The van der Waals surface area contributed by atoms with Gasteiger partial charge in [0.1, 0.15) is 6.54 Å². The van der Waals surface area contributed by atoms with Crippen LogP contribution in [0, 0.1) is 0 Å². The number of para-hydroxylation sites is 1. The Balaban J connectivity index is 1.92. The second-order valence-electron chi connectivity index (χ2n) is 6.62. The van der Waals surface area contributed by atoms with Crippen LogP contribution in [0.25, 0.3) is 0 Å². The zero-order valence-electron chi connectivity index (χ0n) is 16.4. The van der Waals surface area contributed by atoms with Gasteiger partial charge in [-0.15, -0.1) is 0 Å². The number of rotatable bonds is 6. The number of carbonyl (C=O) groups excluding carboxylic acids is 3. The number of piperidine rings is 1. The van der Waals surface area contributed by atoms with E-state index in [1.165, 1.54) is 11.8 Å². The van der Waals surface area contributed by atoms with Crippen LogP contribution in [0.3, 0.4) is 0 Å². The third-order valence-corrected chi connectivity index (χ3v) is 4.73.